The Morgan fingerprint density at radius 3 is 2.79 bits per heavy atom. The number of hydrogen-bond donors (Lipinski definition) is 2. The molecule has 24 heavy (non-hydrogen) atoms. The summed E-state index contributed by atoms with van der Waals surface area (Å²) in [6, 6.07) is 8.42. The number of benzene rings is 1. The smallest absolute Gasteiger partial charge is 0.217 e. The van der Waals surface area contributed by atoms with Gasteiger partial charge in [-0.05, 0) is 5.53 Å². The van der Waals surface area contributed by atoms with E-state index in [9.17, 15) is 9.90 Å². The Labute approximate surface area is 138 Å². The number of ether oxygens (including phenoxy) is 3. The molecule has 1 unspecified atom stereocenters. The topological polar surface area (TPSA) is 126 Å². The van der Waals surface area contributed by atoms with Crippen molar-refractivity contribution < 1.29 is 24.1 Å². The molecule has 0 bridgehead atoms. The molecule has 1 amide bonds. The van der Waals surface area contributed by atoms with E-state index in [0.717, 1.165) is 5.56 Å². The van der Waals surface area contributed by atoms with Crippen LogP contribution in [0.4, 0.5) is 0 Å². The minimum absolute atomic E-state index is 0.172. The molecule has 6 atom stereocenters. The molecule has 2 aliphatic heterocycles. The van der Waals surface area contributed by atoms with Gasteiger partial charge < -0.3 is 24.6 Å². The third kappa shape index (κ3) is 3.35. The average Bonchev–Trinajstić information content (AvgIpc) is 2.59. The van der Waals surface area contributed by atoms with Crippen molar-refractivity contribution in [1.82, 2.24) is 5.32 Å². The van der Waals surface area contributed by atoms with Crippen LogP contribution >= 0.6 is 0 Å². The number of nitrogens with one attached hydrogen (secondary N) is 1. The second-order valence-corrected chi connectivity index (χ2v) is 5.66. The van der Waals surface area contributed by atoms with E-state index in [0.29, 0.717) is 0 Å². The lowest BCUT2D eigenvalue weighted by Gasteiger charge is -2.47. The molecule has 3 rings (SSSR count). The van der Waals surface area contributed by atoms with Crippen molar-refractivity contribution >= 4 is 5.91 Å². The number of rotatable bonds is 3. The maximum absolute atomic E-state index is 11.4. The Hall–Kier alpha value is -2.16. The number of carbonyl (C=O) groups is 1. The molecule has 2 aliphatic rings. The number of azide groups is 1. The summed E-state index contributed by atoms with van der Waals surface area (Å²) >= 11 is 0. The number of hydrogen-bond acceptors (Lipinski definition) is 6. The highest BCUT2D eigenvalue weighted by molar-refractivity contribution is 5.73. The highest BCUT2D eigenvalue weighted by Crippen LogP contribution is 2.34. The lowest BCUT2D eigenvalue weighted by atomic mass is 9.95. The van der Waals surface area contributed by atoms with Crippen molar-refractivity contribution in [3.05, 3.63) is 46.3 Å². The SMILES string of the molecule is CC(=O)N[C@H]1C(N=[N+]=[N-])O[C@@H]2CO[C@@H](c3ccccc3)O[C@H]2[C@@H]1O. The number of fused-ring (bicyclic) bond motifs is 1. The van der Waals surface area contributed by atoms with Crippen LogP contribution in [0.1, 0.15) is 18.8 Å². The maximum Gasteiger partial charge on any atom is 0.217 e. The average molecular weight is 334 g/mol. The van der Waals surface area contributed by atoms with Crippen LogP contribution in [0, 0.1) is 0 Å². The number of aliphatic hydroxyl groups excluding tert-OH is 1. The van der Waals surface area contributed by atoms with E-state index in [1.807, 2.05) is 30.3 Å². The van der Waals surface area contributed by atoms with Gasteiger partial charge in [-0.3, -0.25) is 4.79 Å². The number of aliphatic hydroxyl groups is 1. The predicted octanol–water partition coefficient (Wildman–Crippen LogP) is 1.00. The first-order chi connectivity index (χ1) is 11.6. The highest BCUT2D eigenvalue weighted by atomic mass is 16.7. The summed E-state index contributed by atoms with van der Waals surface area (Å²) in [5.74, 6) is -0.370. The van der Waals surface area contributed by atoms with Gasteiger partial charge in [0.25, 0.3) is 0 Å². The molecule has 2 heterocycles. The van der Waals surface area contributed by atoms with Crippen LogP contribution in [0.2, 0.25) is 0 Å². The predicted molar refractivity (Wildman–Crippen MR) is 81.4 cm³/mol. The highest BCUT2D eigenvalue weighted by Gasteiger charge is 2.49. The van der Waals surface area contributed by atoms with Gasteiger partial charge in [-0.15, -0.1) is 0 Å². The zero-order chi connectivity index (χ0) is 17.1. The number of carbonyl (C=O) groups excluding carboxylic acids is 1. The molecular weight excluding hydrogens is 316 g/mol. The minimum atomic E-state index is -1.10. The molecule has 2 saturated heterocycles. The number of nitrogens with zero attached hydrogens (tertiary/aromatic N) is 3. The van der Waals surface area contributed by atoms with E-state index >= 15 is 0 Å². The maximum atomic E-state index is 11.4. The summed E-state index contributed by atoms with van der Waals surface area (Å²) in [4.78, 5) is 14.1. The van der Waals surface area contributed by atoms with Gasteiger partial charge in [-0.2, -0.15) is 0 Å². The fraction of sp³-hybridized carbons (Fsp3) is 0.533. The van der Waals surface area contributed by atoms with Crippen LogP contribution in [-0.4, -0.2) is 48.2 Å². The minimum Gasteiger partial charge on any atom is -0.388 e. The molecule has 0 radical (unpaired) electrons. The zero-order valence-corrected chi connectivity index (χ0v) is 13.0. The van der Waals surface area contributed by atoms with E-state index in [1.165, 1.54) is 6.92 Å². The van der Waals surface area contributed by atoms with Crippen molar-refractivity contribution in [2.75, 3.05) is 6.61 Å². The summed E-state index contributed by atoms with van der Waals surface area (Å²) < 4.78 is 17.1. The Balaban J connectivity index is 1.79. The Morgan fingerprint density at radius 2 is 2.12 bits per heavy atom. The third-order valence-electron chi connectivity index (χ3n) is 3.99. The monoisotopic (exact) mass is 334 g/mol. The molecule has 1 aromatic rings. The first kappa shape index (κ1) is 16.7. The van der Waals surface area contributed by atoms with E-state index in [1.54, 1.807) is 0 Å². The van der Waals surface area contributed by atoms with Gasteiger partial charge in [-0.25, -0.2) is 0 Å². The second kappa shape index (κ2) is 7.16. The van der Waals surface area contributed by atoms with Crippen LogP contribution in [-0.2, 0) is 19.0 Å². The van der Waals surface area contributed by atoms with Crippen LogP contribution in [0.25, 0.3) is 10.4 Å². The van der Waals surface area contributed by atoms with Crippen LogP contribution < -0.4 is 5.32 Å². The van der Waals surface area contributed by atoms with Crippen LogP contribution in [0.15, 0.2) is 35.4 Å². The molecule has 0 saturated carbocycles. The molecule has 0 aromatic heterocycles. The van der Waals surface area contributed by atoms with Crippen LogP contribution in [0.3, 0.4) is 0 Å². The first-order valence-corrected chi connectivity index (χ1v) is 7.57. The summed E-state index contributed by atoms with van der Waals surface area (Å²) in [5, 5.41) is 16.7. The van der Waals surface area contributed by atoms with Gasteiger partial charge in [0.15, 0.2) is 12.5 Å². The molecular formula is C15H18N4O5. The summed E-state index contributed by atoms with van der Waals surface area (Å²) in [6.07, 6.45) is -4.08. The largest absolute Gasteiger partial charge is 0.388 e. The fourth-order valence-corrected chi connectivity index (χ4v) is 2.93. The molecule has 128 valence electrons. The number of amides is 1. The normalized spacial score (nSPS) is 35.4. The lowest BCUT2D eigenvalue weighted by molar-refractivity contribution is -0.314. The zero-order valence-electron chi connectivity index (χ0n) is 13.0. The van der Waals surface area contributed by atoms with Gasteiger partial charge in [0.2, 0.25) is 5.91 Å². The molecule has 9 nitrogen and oxygen atoms in total. The van der Waals surface area contributed by atoms with Crippen molar-refractivity contribution in [2.45, 2.75) is 43.8 Å². The van der Waals surface area contributed by atoms with E-state index in [2.05, 4.69) is 15.3 Å². The van der Waals surface area contributed by atoms with E-state index in [-0.39, 0.29) is 12.5 Å². The summed E-state index contributed by atoms with van der Waals surface area (Å²) in [5.41, 5.74) is 9.48. The summed E-state index contributed by atoms with van der Waals surface area (Å²) in [7, 11) is 0. The summed E-state index contributed by atoms with van der Waals surface area (Å²) in [6.45, 7) is 1.48. The van der Waals surface area contributed by atoms with E-state index in [4.69, 9.17) is 19.7 Å². The standard InChI is InChI=1S/C15H18N4O5/c1-8(20)17-11-12(21)13-10(23-14(11)18-19-16)7-22-15(24-13)9-5-3-2-4-6-9/h2-6,10-15,21H,7H2,1H3,(H,17,20)/t10-,11-,12-,13-,14?,15-/m1/s1. The van der Waals surface area contributed by atoms with E-state index < -0.39 is 36.9 Å². The van der Waals surface area contributed by atoms with Crippen molar-refractivity contribution in [2.24, 2.45) is 5.11 Å². The lowest BCUT2D eigenvalue weighted by Crippen LogP contribution is -2.65. The fourth-order valence-electron chi connectivity index (χ4n) is 2.93. The van der Waals surface area contributed by atoms with Gasteiger partial charge in [0.1, 0.15) is 18.3 Å². The van der Waals surface area contributed by atoms with Crippen molar-refractivity contribution in [3.63, 3.8) is 0 Å². The van der Waals surface area contributed by atoms with Crippen molar-refractivity contribution in [1.29, 1.82) is 0 Å². The molecule has 2 N–H and O–H groups in total. The second-order valence-electron chi connectivity index (χ2n) is 5.66. The molecule has 0 spiro atoms. The molecule has 0 aliphatic carbocycles. The van der Waals surface area contributed by atoms with Gasteiger partial charge >= 0.3 is 0 Å². The quantitative estimate of drug-likeness (QED) is 0.484. The van der Waals surface area contributed by atoms with Crippen LogP contribution in [0.5, 0.6) is 0 Å². The Bertz CT molecular complexity index is 636. The van der Waals surface area contributed by atoms with Gasteiger partial charge in [0.05, 0.1) is 12.6 Å². The third-order valence-corrected chi connectivity index (χ3v) is 3.99. The molecule has 2 fully saturated rings. The molecule has 9 heteroatoms. The molecule has 1 aromatic carbocycles. The Kier molecular flexibility index (Phi) is 4.98. The van der Waals surface area contributed by atoms with Crippen molar-refractivity contribution in [3.8, 4) is 0 Å². The first-order valence-electron chi connectivity index (χ1n) is 7.57. The van der Waals surface area contributed by atoms with Gasteiger partial charge in [0, 0.05) is 17.4 Å². The Morgan fingerprint density at radius 1 is 1.38 bits per heavy atom. The van der Waals surface area contributed by atoms with Gasteiger partial charge in [-0.1, -0.05) is 35.4 Å².